The number of likely N-dealkylation sites (tertiary alicyclic amines) is 1. The van der Waals surface area contributed by atoms with Gasteiger partial charge in [-0.2, -0.15) is 0 Å². The maximum absolute atomic E-state index is 13.5. The fourth-order valence-corrected chi connectivity index (χ4v) is 2.23. The van der Waals surface area contributed by atoms with Gasteiger partial charge in [-0.15, -0.1) is 0 Å². The molecular weight excluding hydrogens is 254 g/mol. The molecule has 0 saturated carbocycles. The van der Waals surface area contributed by atoms with E-state index in [1.807, 2.05) is 0 Å². The summed E-state index contributed by atoms with van der Waals surface area (Å²) in [5.41, 5.74) is 5.03. The fraction of sp³-hybridized carbons (Fsp3) is 0.385. The van der Waals surface area contributed by atoms with Crippen molar-refractivity contribution < 1.29 is 18.4 Å². The van der Waals surface area contributed by atoms with Crippen LogP contribution in [-0.2, 0) is 4.79 Å². The zero-order chi connectivity index (χ0) is 14.0. The summed E-state index contributed by atoms with van der Waals surface area (Å²) in [5, 5.41) is 0. The first-order chi connectivity index (χ1) is 8.99. The van der Waals surface area contributed by atoms with Crippen LogP contribution in [-0.4, -0.2) is 29.8 Å². The third-order valence-electron chi connectivity index (χ3n) is 3.27. The molecule has 6 heteroatoms. The molecule has 2 N–H and O–H groups in total. The van der Waals surface area contributed by atoms with Gasteiger partial charge in [-0.1, -0.05) is 0 Å². The highest BCUT2D eigenvalue weighted by atomic mass is 19.1. The number of rotatable bonds is 2. The molecule has 0 radical (unpaired) electrons. The van der Waals surface area contributed by atoms with Crippen LogP contribution in [0.4, 0.5) is 8.78 Å². The summed E-state index contributed by atoms with van der Waals surface area (Å²) in [6, 6.07) is 2.81. The quantitative estimate of drug-likeness (QED) is 0.878. The van der Waals surface area contributed by atoms with Crippen molar-refractivity contribution in [3.05, 3.63) is 35.4 Å². The Morgan fingerprint density at radius 2 is 2.05 bits per heavy atom. The van der Waals surface area contributed by atoms with Gasteiger partial charge in [-0.25, -0.2) is 8.78 Å². The van der Waals surface area contributed by atoms with Gasteiger partial charge in [0.25, 0.3) is 5.91 Å². The van der Waals surface area contributed by atoms with E-state index >= 15 is 0 Å². The van der Waals surface area contributed by atoms with Crippen molar-refractivity contribution in [3.8, 4) is 0 Å². The smallest absolute Gasteiger partial charge is 0.256 e. The summed E-state index contributed by atoms with van der Waals surface area (Å²) in [4.78, 5) is 24.6. The number of hydrogen-bond acceptors (Lipinski definition) is 2. The molecule has 0 spiro atoms. The van der Waals surface area contributed by atoms with Crippen molar-refractivity contribution >= 4 is 11.8 Å². The zero-order valence-corrected chi connectivity index (χ0v) is 10.2. The van der Waals surface area contributed by atoms with Crippen LogP contribution in [0.25, 0.3) is 0 Å². The monoisotopic (exact) mass is 268 g/mol. The third kappa shape index (κ3) is 2.89. The molecule has 0 unspecified atom stereocenters. The molecule has 2 amide bonds. The van der Waals surface area contributed by atoms with Crippen LogP contribution in [0, 0.1) is 17.6 Å². The largest absolute Gasteiger partial charge is 0.369 e. The number of nitrogens with two attached hydrogens (primary N) is 1. The molecule has 102 valence electrons. The summed E-state index contributed by atoms with van der Waals surface area (Å²) in [5.74, 6) is -3.03. The average Bonchev–Trinajstić information content (AvgIpc) is 2.38. The molecule has 1 saturated heterocycles. The highest BCUT2D eigenvalue weighted by Gasteiger charge is 2.28. The number of carbonyl (C=O) groups excluding carboxylic acids is 2. The van der Waals surface area contributed by atoms with Crippen LogP contribution in [0.5, 0.6) is 0 Å². The normalized spacial score (nSPS) is 19.3. The molecule has 0 bridgehead atoms. The van der Waals surface area contributed by atoms with Crippen LogP contribution in [0.2, 0.25) is 0 Å². The van der Waals surface area contributed by atoms with Crippen molar-refractivity contribution in [2.24, 2.45) is 11.7 Å². The molecule has 4 nitrogen and oxygen atoms in total. The predicted octanol–water partition coefficient (Wildman–Crippen LogP) is 1.30. The highest BCUT2D eigenvalue weighted by Crippen LogP contribution is 2.19. The molecule has 1 heterocycles. The minimum Gasteiger partial charge on any atom is -0.369 e. The van der Waals surface area contributed by atoms with E-state index in [1.54, 1.807) is 0 Å². The molecular formula is C13H14F2N2O2. The first kappa shape index (κ1) is 13.5. The Labute approximate surface area is 109 Å². The molecule has 1 fully saturated rings. The van der Waals surface area contributed by atoms with E-state index in [0.29, 0.717) is 25.5 Å². The molecule has 19 heavy (non-hydrogen) atoms. The maximum Gasteiger partial charge on any atom is 0.256 e. The predicted molar refractivity (Wildman–Crippen MR) is 64.2 cm³/mol. The second-order valence-corrected chi connectivity index (χ2v) is 4.62. The van der Waals surface area contributed by atoms with Crippen molar-refractivity contribution in [3.63, 3.8) is 0 Å². The van der Waals surface area contributed by atoms with Gasteiger partial charge in [0.05, 0.1) is 11.5 Å². The third-order valence-corrected chi connectivity index (χ3v) is 3.27. The minimum atomic E-state index is -0.897. The molecule has 0 aliphatic carbocycles. The van der Waals surface area contributed by atoms with Crippen LogP contribution in [0.15, 0.2) is 18.2 Å². The van der Waals surface area contributed by atoms with E-state index in [0.717, 1.165) is 12.1 Å². The van der Waals surface area contributed by atoms with E-state index in [4.69, 9.17) is 5.73 Å². The van der Waals surface area contributed by atoms with Gasteiger partial charge in [-0.3, -0.25) is 9.59 Å². The average molecular weight is 268 g/mol. The van der Waals surface area contributed by atoms with Gasteiger partial charge in [0.2, 0.25) is 5.91 Å². The fourth-order valence-electron chi connectivity index (χ4n) is 2.23. The van der Waals surface area contributed by atoms with E-state index in [9.17, 15) is 18.4 Å². The summed E-state index contributed by atoms with van der Waals surface area (Å²) >= 11 is 0. The van der Waals surface area contributed by atoms with Gasteiger partial charge >= 0.3 is 0 Å². The Hall–Kier alpha value is -1.98. The van der Waals surface area contributed by atoms with Gasteiger partial charge in [-0.05, 0) is 25.0 Å². The Balaban J connectivity index is 2.17. The van der Waals surface area contributed by atoms with Crippen molar-refractivity contribution in [1.82, 2.24) is 4.90 Å². The SMILES string of the molecule is NC(=O)[C@@H]1CCCN(C(=O)c2ccc(F)cc2F)C1. The summed E-state index contributed by atoms with van der Waals surface area (Å²) in [7, 11) is 0. The second kappa shape index (κ2) is 5.34. The van der Waals surface area contributed by atoms with Crippen LogP contribution >= 0.6 is 0 Å². The lowest BCUT2D eigenvalue weighted by atomic mass is 9.97. The number of benzene rings is 1. The van der Waals surface area contributed by atoms with Crippen LogP contribution in [0.1, 0.15) is 23.2 Å². The van der Waals surface area contributed by atoms with E-state index in [1.165, 1.54) is 4.90 Å². The lowest BCUT2D eigenvalue weighted by Gasteiger charge is -2.31. The molecule has 1 atom stereocenters. The second-order valence-electron chi connectivity index (χ2n) is 4.62. The van der Waals surface area contributed by atoms with Crippen molar-refractivity contribution in [2.45, 2.75) is 12.8 Å². The number of hydrogen-bond donors (Lipinski definition) is 1. The maximum atomic E-state index is 13.5. The number of amides is 2. The molecule has 1 aromatic carbocycles. The number of carbonyl (C=O) groups is 2. The standard InChI is InChI=1S/C13H14F2N2O2/c14-9-3-4-10(11(15)6-9)13(19)17-5-1-2-8(7-17)12(16)18/h3-4,6,8H,1-2,5,7H2,(H2,16,18)/t8-/m1/s1. The Bertz CT molecular complexity index is 519. The van der Waals surface area contributed by atoms with E-state index in [2.05, 4.69) is 0 Å². The topological polar surface area (TPSA) is 63.4 Å². The Morgan fingerprint density at radius 3 is 2.68 bits per heavy atom. The molecule has 0 aromatic heterocycles. The molecule has 2 rings (SSSR count). The van der Waals surface area contributed by atoms with Crippen LogP contribution < -0.4 is 5.73 Å². The number of halogens is 2. The van der Waals surface area contributed by atoms with Crippen molar-refractivity contribution in [2.75, 3.05) is 13.1 Å². The first-order valence-corrected chi connectivity index (χ1v) is 6.02. The van der Waals surface area contributed by atoms with Gasteiger partial charge in [0.15, 0.2) is 0 Å². The van der Waals surface area contributed by atoms with E-state index in [-0.39, 0.29) is 12.1 Å². The Kier molecular flexibility index (Phi) is 3.78. The molecule has 1 aromatic rings. The molecule has 1 aliphatic heterocycles. The highest BCUT2D eigenvalue weighted by molar-refractivity contribution is 5.95. The lowest BCUT2D eigenvalue weighted by molar-refractivity contribution is -0.123. The first-order valence-electron chi connectivity index (χ1n) is 6.02. The zero-order valence-electron chi connectivity index (χ0n) is 10.2. The summed E-state index contributed by atoms with van der Waals surface area (Å²) in [6.07, 6.45) is 1.27. The van der Waals surface area contributed by atoms with Gasteiger partial charge in [0, 0.05) is 19.2 Å². The molecule has 1 aliphatic rings. The van der Waals surface area contributed by atoms with E-state index < -0.39 is 29.4 Å². The minimum absolute atomic E-state index is 0.185. The summed E-state index contributed by atoms with van der Waals surface area (Å²) < 4.78 is 26.3. The van der Waals surface area contributed by atoms with Gasteiger partial charge < -0.3 is 10.6 Å². The number of primary amides is 1. The Morgan fingerprint density at radius 1 is 1.32 bits per heavy atom. The van der Waals surface area contributed by atoms with Crippen molar-refractivity contribution in [1.29, 1.82) is 0 Å². The number of nitrogens with zero attached hydrogens (tertiary/aromatic N) is 1. The van der Waals surface area contributed by atoms with Gasteiger partial charge in [0.1, 0.15) is 11.6 Å². The summed E-state index contributed by atoms with van der Waals surface area (Å²) in [6.45, 7) is 0.629. The van der Waals surface area contributed by atoms with Crippen LogP contribution in [0.3, 0.4) is 0 Å². The lowest BCUT2D eigenvalue weighted by Crippen LogP contribution is -2.44. The number of piperidine rings is 1.